The molecule has 42 heavy (non-hydrogen) atoms. The van der Waals surface area contributed by atoms with Crippen LogP contribution in [-0.4, -0.2) is 101 Å². The summed E-state index contributed by atoms with van der Waals surface area (Å²) in [6.45, 7) is 3.97. The van der Waals surface area contributed by atoms with Crippen LogP contribution < -0.4 is 20.4 Å². The van der Waals surface area contributed by atoms with Crippen LogP contribution in [0.5, 0.6) is 5.75 Å². The highest BCUT2D eigenvalue weighted by Gasteiger charge is 2.32. The number of aromatic nitrogens is 4. The number of piperazine rings is 1. The third-order valence-corrected chi connectivity index (χ3v) is 8.98. The molecule has 0 radical (unpaired) electrons. The number of carbonyl (C=O) groups is 2. The molecule has 0 spiro atoms. The number of carbonyl (C=O) groups excluding carboxylic acids is 2. The Balaban J connectivity index is 1.11. The minimum absolute atomic E-state index is 0.282. The molecule has 6 rings (SSSR count). The van der Waals surface area contributed by atoms with E-state index in [9.17, 15) is 9.59 Å². The molecule has 0 bridgehead atoms. The maximum atomic E-state index is 12.9. The summed E-state index contributed by atoms with van der Waals surface area (Å²) in [7, 11) is 3.70. The predicted molar refractivity (Wildman–Crippen MR) is 160 cm³/mol. The lowest BCUT2D eigenvalue weighted by Crippen LogP contribution is -2.53. The zero-order valence-electron chi connectivity index (χ0n) is 24.6. The van der Waals surface area contributed by atoms with Gasteiger partial charge in [-0.05, 0) is 56.3 Å². The third kappa shape index (κ3) is 6.13. The van der Waals surface area contributed by atoms with E-state index >= 15 is 0 Å². The third-order valence-electron chi connectivity index (χ3n) is 8.98. The molecule has 0 atom stereocenters. The van der Waals surface area contributed by atoms with E-state index in [-0.39, 0.29) is 17.7 Å². The number of nitrogens with zero attached hydrogens (tertiary/aromatic N) is 5. The molecule has 4 N–H and O–H groups in total. The number of piperidine rings is 1. The summed E-state index contributed by atoms with van der Waals surface area (Å²) in [5.74, 6) is 1.53. The smallest absolute Gasteiger partial charge is 0.312 e. The van der Waals surface area contributed by atoms with Crippen LogP contribution in [0.4, 0.5) is 17.5 Å². The Morgan fingerprint density at radius 1 is 0.952 bits per heavy atom. The van der Waals surface area contributed by atoms with Gasteiger partial charge in [0.1, 0.15) is 5.75 Å². The van der Waals surface area contributed by atoms with Crippen LogP contribution >= 0.6 is 0 Å². The second-order valence-electron chi connectivity index (χ2n) is 11.8. The Hall–Kier alpha value is -3.93. The summed E-state index contributed by atoms with van der Waals surface area (Å²) in [6, 6.07) is 6.58. The Morgan fingerprint density at radius 3 is 2.38 bits per heavy atom. The number of fused-ring (bicyclic) bond motifs is 1. The summed E-state index contributed by atoms with van der Waals surface area (Å²) in [5.41, 5.74) is 3.53. The highest BCUT2D eigenvalue weighted by atomic mass is 16.5. The molecule has 3 aliphatic rings. The molecule has 0 unspecified atom stereocenters. The van der Waals surface area contributed by atoms with Gasteiger partial charge in [0.25, 0.3) is 0 Å². The zero-order valence-corrected chi connectivity index (χ0v) is 24.6. The molecule has 3 aromatic rings. The number of H-pyrrole nitrogens is 2. The van der Waals surface area contributed by atoms with Crippen molar-refractivity contribution in [2.75, 3.05) is 64.1 Å². The molecule has 2 aliphatic heterocycles. The van der Waals surface area contributed by atoms with Gasteiger partial charge in [-0.2, -0.15) is 4.98 Å². The second-order valence-corrected chi connectivity index (χ2v) is 11.8. The lowest BCUT2D eigenvalue weighted by molar-refractivity contribution is -0.347. The molecule has 1 aliphatic carbocycles. The van der Waals surface area contributed by atoms with Crippen LogP contribution in [0.1, 0.15) is 56.4 Å². The summed E-state index contributed by atoms with van der Waals surface area (Å²) >= 11 is 0. The van der Waals surface area contributed by atoms with Crippen molar-refractivity contribution in [2.24, 2.45) is 0 Å². The topological polar surface area (TPSA) is 133 Å². The molecule has 2 aromatic heterocycles. The minimum atomic E-state index is -0.371. The molecule has 12 nitrogen and oxygen atoms in total. The van der Waals surface area contributed by atoms with E-state index in [0.717, 1.165) is 67.0 Å². The first-order valence-electron chi connectivity index (χ1n) is 15.2. The largest absolute Gasteiger partial charge is 0.495 e. The lowest BCUT2D eigenvalue weighted by Gasteiger charge is -2.35. The molecular formula is C30H42N9O3+. The van der Waals surface area contributed by atoms with Gasteiger partial charge < -0.3 is 30.1 Å². The number of hydrogen-bond acceptors (Lipinski definition) is 8. The first-order chi connectivity index (χ1) is 20.5. The van der Waals surface area contributed by atoms with Crippen LogP contribution in [0.25, 0.3) is 11.2 Å². The Morgan fingerprint density at radius 2 is 1.67 bits per heavy atom. The predicted octanol–water partition coefficient (Wildman–Crippen LogP) is 2.75. The maximum absolute atomic E-state index is 12.9. The van der Waals surface area contributed by atoms with E-state index in [1.54, 1.807) is 23.2 Å². The molecule has 1 saturated carbocycles. The summed E-state index contributed by atoms with van der Waals surface area (Å²) < 4.78 is 5.77. The van der Waals surface area contributed by atoms with Gasteiger partial charge in [0.2, 0.25) is 5.52 Å². The normalized spacial score (nSPS) is 19.2. The number of ether oxygens (including phenoxy) is 1. The summed E-state index contributed by atoms with van der Waals surface area (Å²) in [4.78, 5) is 47.2. The van der Waals surface area contributed by atoms with E-state index in [2.05, 4.69) is 42.6 Å². The van der Waals surface area contributed by atoms with Crippen LogP contribution in [-0.2, 0) is 9.59 Å². The van der Waals surface area contributed by atoms with Gasteiger partial charge in [0.05, 0.1) is 12.8 Å². The van der Waals surface area contributed by atoms with E-state index in [1.807, 2.05) is 13.1 Å². The van der Waals surface area contributed by atoms with Gasteiger partial charge in [-0.25, -0.2) is 4.98 Å². The molecule has 224 valence electrons. The number of imidazole rings is 1. The van der Waals surface area contributed by atoms with E-state index in [0.29, 0.717) is 43.9 Å². The average molecular weight is 577 g/mol. The Labute approximate surface area is 246 Å². The second kappa shape index (κ2) is 12.5. The van der Waals surface area contributed by atoms with Crippen molar-refractivity contribution in [2.45, 2.75) is 56.9 Å². The van der Waals surface area contributed by atoms with E-state index in [1.165, 1.54) is 19.3 Å². The highest BCUT2D eigenvalue weighted by Crippen LogP contribution is 2.35. The number of likely N-dealkylation sites (N-methyl/N-ethyl adjacent to an activating group) is 1. The van der Waals surface area contributed by atoms with Crippen molar-refractivity contribution >= 4 is 40.4 Å². The highest BCUT2D eigenvalue weighted by molar-refractivity contribution is 6.34. The molecule has 2 saturated heterocycles. The molecule has 2 amide bonds. The maximum Gasteiger partial charge on any atom is 0.312 e. The molecule has 4 heterocycles. The first-order valence-corrected chi connectivity index (χ1v) is 15.2. The monoisotopic (exact) mass is 576 g/mol. The fraction of sp³-hybridized carbons (Fsp3) is 0.567. The number of anilines is 3. The van der Waals surface area contributed by atoms with Crippen LogP contribution in [0.2, 0.25) is 0 Å². The lowest BCUT2D eigenvalue weighted by atomic mass is 9.89. The van der Waals surface area contributed by atoms with Crippen molar-refractivity contribution in [3.8, 4) is 5.75 Å². The van der Waals surface area contributed by atoms with E-state index < -0.39 is 0 Å². The van der Waals surface area contributed by atoms with Crippen LogP contribution in [0, 0.1) is 0 Å². The number of aromatic amines is 2. The van der Waals surface area contributed by atoms with Crippen molar-refractivity contribution < 1.29 is 19.3 Å². The summed E-state index contributed by atoms with van der Waals surface area (Å²) in [5, 5.41) is 6.99. The zero-order chi connectivity index (χ0) is 29.1. The fourth-order valence-electron chi connectivity index (χ4n) is 6.36. The van der Waals surface area contributed by atoms with Crippen LogP contribution in [0.3, 0.4) is 0 Å². The van der Waals surface area contributed by atoms with Gasteiger partial charge in [-0.1, -0.05) is 30.3 Å². The number of rotatable bonds is 6. The van der Waals surface area contributed by atoms with Gasteiger partial charge in [-0.15, -0.1) is 0 Å². The van der Waals surface area contributed by atoms with Crippen molar-refractivity contribution in [3.05, 3.63) is 30.1 Å². The van der Waals surface area contributed by atoms with Gasteiger partial charge in [-0.3, -0.25) is 14.6 Å². The number of hydrogen-bond donors (Lipinski definition) is 3. The number of methoxy groups -OCH3 is 1. The van der Waals surface area contributed by atoms with Gasteiger partial charge >= 0.3 is 23.4 Å². The van der Waals surface area contributed by atoms with Gasteiger partial charge in [0, 0.05) is 45.3 Å². The number of likely N-dealkylation sites (tertiary alicyclic amines) is 1. The Kier molecular flexibility index (Phi) is 8.41. The van der Waals surface area contributed by atoms with Crippen molar-refractivity contribution in [1.29, 1.82) is 0 Å². The molecular weight excluding hydrogens is 534 g/mol. The van der Waals surface area contributed by atoms with Gasteiger partial charge in [0.15, 0.2) is 12.1 Å². The molecule has 1 aromatic carbocycles. The first kappa shape index (κ1) is 28.2. The number of nitrogens with one attached hydrogen (secondary N) is 4. The summed E-state index contributed by atoms with van der Waals surface area (Å²) in [6.07, 6.45) is 9.44. The Bertz CT molecular complexity index is 1400. The molecule has 3 fully saturated rings. The van der Waals surface area contributed by atoms with Crippen LogP contribution in [0.15, 0.2) is 24.5 Å². The fourth-order valence-corrected chi connectivity index (χ4v) is 6.36. The van der Waals surface area contributed by atoms with E-state index in [4.69, 9.17) is 9.72 Å². The van der Waals surface area contributed by atoms with Crippen molar-refractivity contribution in [3.63, 3.8) is 0 Å². The SMILES string of the molecule is COc1cc(C2CCN(C(=O)C(=O)N3CCN(C)CC3)CC2)ccc1Nc1nc(NC2CCCCC2)c2[nH]c[nH+]c2n1. The standard InChI is InChI=1S/C30H41N9O3/c1-37-14-16-39(17-15-37)29(41)28(40)38-12-10-20(11-13-38)21-8-9-23(24(18-21)42-2)34-30-35-26-25(31-19-32-26)27(36-30)33-22-6-4-3-5-7-22/h8-9,18-20,22H,3-7,10-17H2,1-2H3,(H3,31,32,33,34,35,36)/p+1. The minimum Gasteiger partial charge on any atom is -0.495 e. The number of benzene rings is 1. The quantitative estimate of drug-likeness (QED) is 0.382. The van der Waals surface area contributed by atoms with Crippen molar-refractivity contribution in [1.82, 2.24) is 29.7 Å². The molecule has 12 heteroatoms. The number of amides is 2. The average Bonchev–Trinajstić information content (AvgIpc) is 3.51.